The van der Waals surface area contributed by atoms with Crippen molar-refractivity contribution in [2.45, 2.75) is 57.8 Å². The van der Waals surface area contributed by atoms with Crippen LogP contribution >= 0.6 is 34.8 Å². The van der Waals surface area contributed by atoms with Crippen LogP contribution in [0.5, 0.6) is 0 Å². The van der Waals surface area contributed by atoms with Gasteiger partial charge in [-0.15, -0.1) is 0 Å². The summed E-state index contributed by atoms with van der Waals surface area (Å²) >= 11 is 3.59. The number of fused-ring (bicyclic) bond motifs is 1. The topological polar surface area (TPSA) is 34.6 Å². The van der Waals surface area contributed by atoms with E-state index in [0.717, 1.165) is 16.1 Å². The van der Waals surface area contributed by atoms with Gasteiger partial charge in [0.25, 0.3) is 0 Å². The van der Waals surface area contributed by atoms with Crippen molar-refractivity contribution in [2.24, 2.45) is 0 Å². The molecule has 8 heteroatoms. The van der Waals surface area contributed by atoms with E-state index < -0.39 is 18.3 Å². The average Bonchev–Trinajstić information content (AvgIpc) is 2.69. The van der Waals surface area contributed by atoms with E-state index in [2.05, 4.69) is 27.8 Å². The Balaban J connectivity index is 0.000000924. The molecule has 2 aliphatic rings. The van der Waals surface area contributed by atoms with Crippen LogP contribution in [0.3, 0.4) is 0 Å². The first-order chi connectivity index (χ1) is 10.7. The molecule has 2 aliphatic heterocycles. The fraction of sp³-hybridized carbons (Fsp3) is 0.533. The van der Waals surface area contributed by atoms with E-state index in [9.17, 15) is 4.39 Å². The van der Waals surface area contributed by atoms with Gasteiger partial charge in [-0.05, 0) is 33.8 Å². The van der Waals surface area contributed by atoms with E-state index in [1.54, 1.807) is 0 Å². The molecule has 0 spiro atoms. The monoisotopic (exact) mass is 450 g/mol. The summed E-state index contributed by atoms with van der Waals surface area (Å²) in [6, 6.07) is 1.48. The molecular formula is C15H21BFIN2O2S. The highest BCUT2D eigenvalue weighted by molar-refractivity contribution is 14.1. The molecule has 1 aromatic rings. The lowest BCUT2D eigenvalue weighted by molar-refractivity contribution is 0.00578. The van der Waals surface area contributed by atoms with Crippen LogP contribution in [0.1, 0.15) is 47.1 Å². The van der Waals surface area contributed by atoms with Gasteiger partial charge in [0.1, 0.15) is 10.8 Å². The van der Waals surface area contributed by atoms with Crippen molar-refractivity contribution in [3.8, 4) is 0 Å². The Hall–Kier alpha value is -0.315. The normalized spacial score (nSPS) is 21.3. The number of nitrogens with zero attached hydrogens (tertiary/aromatic N) is 2. The maximum Gasteiger partial charge on any atom is 0.497 e. The number of halogens is 2. The van der Waals surface area contributed by atoms with Gasteiger partial charge in [-0.25, -0.2) is 9.37 Å². The molecule has 0 saturated carbocycles. The standard InChI is InChI=1S/C13H15BFIN2O2S.C2H6/c1-12(2)13(3,4)20-14(19-12)10-7-18(16)21-11-9(10)5-8(15)6-17-11;1-2/h5-7H,1-4H3;1-2H3. The molecule has 0 amide bonds. The van der Waals surface area contributed by atoms with Crippen LogP contribution in [0.25, 0.3) is 5.47 Å². The highest BCUT2D eigenvalue weighted by atomic mass is 127. The zero-order valence-corrected chi connectivity index (χ0v) is 17.2. The minimum Gasteiger partial charge on any atom is -0.399 e. The smallest absolute Gasteiger partial charge is 0.399 e. The second kappa shape index (κ2) is 6.89. The summed E-state index contributed by atoms with van der Waals surface area (Å²) in [5.74, 6) is -0.362. The van der Waals surface area contributed by atoms with E-state index >= 15 is 0 Å². The van der Waals surface area contributed by atoms with Gasteiger partial charge in [-0.2, -0.15) is 0 Å². The first-order valence-corrected chi connectivity index (χ1v) is 9.30. The fourth-order valence-electron chi connectivity index (χ4n) is 2.15. The average molecular weight is 450 g/mol. The molecule has 0 bridgehead atoms. The third-order valence-electron chi connectivity index (χ3n) is 4.05. The van der Waals surface area contributed by atoms with Crippen LogP contribution in [-0.2, 0) is 9.31 Å². The number of rotatable bonds is 1. The molecule has 1 aromatic heterocycles. The maximum absolute atomic E-state index is 13.6. The molecular weight excluding hydrogens is 429 g/mol. The second-order valence-corrected chi connectivity index (χ2v) is 8.70. The molecule has 126 valence electrons. The molecule has 0 aromatic carbocycles. The quantitative estimate of drug-likeness (QED) is 0.264. The van der Waals surface area contributed by atoms with Crippen LogP contribution in [0.15, 0.2) is 23.5 Å². The van der Waals surface area contributed by atoms with Crippen molar-refractivity contribution in [1.82, 2.24) is 7.50 Å². The summed E-state index contributed by atoms with van der Waals surface area (Å²) in [5, 5.41) is 0.748. The van der Waals surface area contributed by atoms with E-state index in [4.69, 9.17) is 9.31 Å². The van der Waals surface area contributed by atoms with Gasteiger partial charge in [0.15, 0.2) is 0 Å². The summed E-state index contributed by atoms with van der Waals surface area (Å²) in [4.78, 5) is 4.15. The molecule has 3 rings (SSSR count). The molecule has 0 unspecified atom stereocenters. The summed E-state index contributed by atoms with van der Waals surface area (Å²) in [6.45, 7) is 12.0. The van der Waals surface area contributed by atoms with Crippen molar-refractivity contribution in [1.29, 1.82) is 0 Å². The van der Waals surface area contributed by atoms with Crippen molar-refractivity contribution in [3.63, 3.8) is 0 Å². The van der Waals surface area contributed by atoms with Gasteiger partial charge in [0, 0.05) is 29.2 Å². The molecule has 23 heavy (non-hydrogen) atoms. The van der Waals surface area contributed by atoms with Gasteiger partial charge in [-0.3, -0.25) is 2.52 Å². The van der Waals surface area contributed by atoms with Crippen LogP contribution in [-0.4, -0.2) is 25.8 Å². The second-order valence-electron chi connectivity index (χ2n) is 6.04. The molecule has 1 fully saturated rings. The predicted molar refractivity (Wildman–Crippen MR) is 101 cm³/mol. The third-order valence-corrected chi connectivity index (χ3v) is 5.70. The zero-order valence-electron chi connectivity index (χ0n) is 14.2. The number of pyridine rings is 1. The molecule has 3 heterocycles. The lowest BCUT2D eigenvalue weighted by Gasteiger charge is -2.32. The summed E-state index contributed by atoms with van der Waals surface area (Å²) in [7, 11) is -0.532. The van der Waals surface area contributed by atoms with E-state index in [1.165, 1.54) is 24.2 Å². The summed E-state index contributed by atoms with van der Waals surface area (Å²) < 4.78 is 27.6. The molecule has 4 nitrogen and oxygen atoms in total. The minimum absolute atomic E-state index is 0.362. The van der Waals surface area contributed by atoms with Crippen molar-refractivity contribution >= 4 is 47.4 Å². The van der Waals surface area contributed by atoms with Crippen molar-refractivity contribution in [3.05, 3.63) is 29.8 Å². The maximum atomic E-state index is 13.6. The SMILES string of the molecule is CC.CC1(C)OB(C2=CN(I)Sc3ncc(F)cc32)OC1(C)C. The highest BCUT2D eigenvalue weighted by Gasteiger charge is 2.53. The molecule has 0 N–H and O–H groups in total. The van der Waals surface area contributed by atoms with Crippen LogP contribution < -0.4 is 0 Å². The Labute approximate surface area is 156 Å². The van der Waals surface area contributed by atoms with Crippen molar-refractivity contribution in [2.75, 3.05) is 0 Å². The largest absolute Gasteiger partial charge is 0.497 e. The lowest BCUT2D eigenvalue weighted by atomic mass is 9.75. The van der Waals surface area contributed by atoms with Gasteiger partial charge >= 0.3 is 7.12 Å². The van der Waals surface area contributed by atoms with Crippen LogP contribution in [0.4, 0.5) is 4.39 Å². The molecule has 0 atom stereocenters. The van der Waals surface area contributed by atoms with Crippen molar-refractivity contribution < 1.29 is 13.7 Å². The van der Waals surface area contributed by atoms with E-state index in [-0.39, 0.29) is 5.82 Å². The van der Waals surface area contributed by atoms with E-state index in [0.29, 0.717) is 0 Å². The molecule has 1 saturated heterocycles. The minimum atomic E-state index is -0.532. The van der Waals surface area contributed by atoms with Gasteiger partial charge in [0.05, 0.1) is 40.3 Å². The van der Waals surface area contributed by atoms with E-state index in [1.807, 2.05) is 50.3 Å². The Morgan fingerprint density at radius 1 is 1.22 bits per heavy atom. The zero-order chi connectivity index (χ0) is 17.4. The highest BCUT2D eigenvalue weighted by Crippen LogP contribution is 2.45. The first-order valence-electron chi connectivity index (χ1n) is 7.56. The molecule has 0 radical (unpaired) electrons. The lowest BCUT2D eigenvalue weighted by Crippen LogP contribution is -2.41. The number of aromatic nitrogens is 1. The van der Waals surface area contributed by atoms with Gasteiger partial charge in [-0.1, -0.05) is 13.8 Å². The van der Waals surface area contributed by atoms with Gasteiger partial charge in [0.2, 0.25) is 0 Å². The van der Waals surface area contributed by atoms with Crippen LogP contribution in [0, 0.1) is 5.82 Å². The van der Waals surface area contributed by atoms with Gasteiger partial charge < -0.3 is 9.31 Å². The summed E-state index contributed by atoms with van der Waals surface area (Å²) in [6.07, 6.45) is 3.13. The third kappa shape index (κ3) is 3.70. The Morgan fingerprint density at radius 2 is 1.78 bits per heavy atom. The molecule has 0 aliphatic carbocycles. The first kappa shape index (κ1) is 19.0. The Bertz CT molecular complexity index is 611. The summed E-state index contributed by atoms with van der Waals surface area (Å²) in [5.41, 5.74) is 0.662. The Kier molecular flexibility index (Phi) is 5.70. The number of hydrogen-bond donors (Lipinski definition) is 0. The number of hydrogen-bond acceptors (Lipinski definition) is 5. The fourth-order valence-corrected chi connectivity index (χ4v) is 3.72. The Morgan fingerprint density at radius 3 is 2.35 bits per heavy atom. The van der Waals surface area contributed by atoms with Crippen LogP contribution in [0.2, 0.25) is 0 Å². The predicted octanol–water partition coefficient (Wildman–Crippen LogP) is 4.89.